The SMILES string of the molecule is CC#CCCC(O)c1cccc(COC)c1. The van der Waals surface area contributed by atoms with Crippen molar-refractivity contribution >= 4 is 0 Å². The fourth-order valence-electron chi connectivity index (χ4n) is 1.56. The van der Waals surface area contributed by atoms with Crippen LogP contribution in [0.4, 0.5) is 0 Å². The maximum Gasteiger partial charge on any atom is 0.0799 e. The highest BCUT2D eigenvalue weighted by Gasteiger charge is 2.06. The zero-order valence-corrected chi connectivity index (χ0v) is 9.86. The summed E-state index contributed by atoms with van der Waals surface area (Å²) >= 11 is 0. The highest BCUT2D eigenvalue weighted by Crippen LogP contribution is 2.19. The highest BCUT2D eigenvalue weighted by atomic mass is 16.5. The first-order chi connectivity index (χ1) is 7.77. The van der Waals surface area contributed by atoms with Gasteiger partial charge in [-0.05, 0) is 24.5 Å². The Bertz CT molecular complexity index is 374. The molecule has 0 bridgehead atoms. The van der Waals surface area contributed by atoms with Crippen molar-refractivity contribution in [3.05, 3.63) is 35.4 Å². The van der Waals surface area contributed by atoms with Crippen LogP contribution in [0.25, 0.3) is 0 Å². The molecule has 0 aromatic heterocycles. The van der Waals surface area contributed by atoms with E-state index in [4.69, 9.17) is 4.74 Å². The van der Waals surface area contributed by atoms with Gasteiger partial charge in [0.1, 0.15) is 0 Å². The molecule has 1 N–H and O–H groups in total. The standard InChI is InChI=1S/C14H18O2/c1-3-4-5-9-14(15)13-8-6-7-12(10-13)11-16-2/h6-8,10,14-15H,5,9,11H2,1-2H3. The van der Waals surface area contributed by atoms with Crippen molar-refractivity contribution in [2.24, 2.45) is 0 Å². The highest BCUT2D eigenvalue weighted by molar-refractivity contribution is 5.24. The summed E-state index contributed by atoms with van der Waals surface area (Å²) < 4.78 is 5.06. The van der Waals surface area contributed by atoms with Crippen LogP contribution in [0.15, 0.2) is 24.3 Å². The van der Waals surface area contributed by atoms with E-state index in [-0.39, 0.29) is 0 Å². The molecule has 0 radical (unpaired) electrons. The minimum atomic E-state index is -0.433. The normalized spacial score (nSPS) is 11.7. The molecule has 0 spiro atoms. The van der Waals surface area contributed by atoms with E-state index >= 15 is 0 Å². The second-order valence-electron chi connectivity index (χ2n) is 3.66. The molecule has 0 aliphatic carbocycles. The van der Waals surface area contributed by atoms with E-state index in [0.717, 1.165) is 17.5 Å². The Kier molecular flexibility index (Phi) is 5.63. The summed E-state index contributed by atoms with van der Waals surface area (Å²) in [5.74, 6) is 5.78. The van der Waals surface area contributed by atoms with Crippen LogP contribution < -0.4 is 0 Å². The van der Waals surface area contributed by atoms with Crippen LogP contribution in [0.3, 0.4) is 0 Å². The van der Waals surface area contributed by atoms with Crippen LogP contribution in [0, 0.1) is 11.8 Å². The molecule has 0 aliphatic heterocycles. The Morgan fingerprint density at radius 1 is 1.44 bits per heavy atom. The molecule has 0 amide bonds. The summed E-state index contributed by atoms with van der Waals surface area (Å²) in [6.45, 7) is 2.39. The second kappa shape index (κ2) is 7.05. The van der Waals surface area contributed by atoms with Crippen molar-refractivity contribution in [2.45, 2.75) is 32.5 Å². The number of benzene rings is 1. The Morgan fingerprint density at radius 3 is 2.94 bits per heavy atom. The molecule has 0 aliphatic rings. The van der Waals surface area contributed by atoms with Gasteiger partial charge >= 0.3 is 0 Å². The first-order valence-corrected chi connectivity index (χ1v) is 5.43. The van der Waals surface area contributed by atoms with E-state index in [2.05, 4.69) is 11.8 Å². The van der Waals surface area contributed by atoms with Crippen molar-refractivity contribution in [2.75, 3.05) is 7.11 Å². The molecular weight excluding hydrogens is 200 g/mol. The third-order valence-corrected chi connectivity index (χ3v) is 2.37. The van der Waals surface area contributed by atoms with Gasteiger partial charge in [0, 0.05) is 13.5 Å². The van der Waals surface area contributed by atoms with Crippen molar-refractivity contribution in [1.29, 1.82) is 0 Å². The molecule has 16 heavy (non-hydrogen) atoms. The monoisotopic (exact) mass is 218 g/mol. The molecule has 0 heterocycles. The van der Waals surface area contributed by atoms with Crippen LogP contribution in [0.5, 0.6) is 0 Å². The molecule has 2 heteroatoms. The van der Waals surface area contributed by atoms with Crippen molar-refractivity contribution < 1.29 is 9.84 Å². The van der Waals surface area contributed by atoms with Gasteiger partial charge in [-0.1, -0.05) is 24.3 Å². The lowest BCUT2D eigenvalue weighted by Gasteiger charge is -2.10. The van der Waals surface area contributed by atoms with Crippen LogP contribution in [-0.4, -0.2) is 12.2 Å². The van der Waals surface area contributed by atoms with Crippen LogP contribution in [0.1, 0.15) is 37.0 Å². The number of ether oxygens (including phenoxy) is 1. The summed E-state index contributed by atoms with van der Waals surface area (Å²) in [7, 11) is 1.67. The second-order valence-corrected chi connectivity index (χ2v) is 3.66. The Labute approximate surface area is 97.3 Å². The molecule has 0 fully saturated rings. The molecular formula is C14H18O2. The van der Waals surface area contributed by atoms with Gasteiger partial charge in [0.2, 0.25) is 0 Å². The molecule has 0 saturated heterocycles. The average Bonchev–Trinajstić information content (AvgIpc) is 2.30. The third-order valence-electron chi connectivity index (χ3n) is 2.37. The molecule has 86 valence electrons. The number of rotatable bonds is 5. The fraction of sp³-hybridized carbons (Fsp3) is 0.429. The lowest BCUT2D eigenvalue weighted by atomic mass is 10.0. The van der Waals surface area contributed by atoms with Crippen molar-refractivity contribution in [3.8, 4) is 11.8 Å². The van der Waals surface area contributed by atoms with Gasteiger partial charge in [-0.15, -0.1) is 11.8 Å². The van der Waals surface area contributed by atoms with E-state index in [9.17, 15) is 5.11 Å². The summed E-state index contributed by atoms with van der Waals surface area (Å²) in [5.41, 5.74) is 2.02. The first-order valence-electron chi connectivity index (χ1n) is 5.43. The van der Waals surface area contributed by atoms with Crippen molar-refractivity contribution in [1.82, 2.24) is 0 Å². The third kappa shape index (κ3) is 4.06. The molecule has 1 unspecified atom stereocenters. The maximum atomic E-state index is 9.93. The zero-order valence-electron chi connectivity index (χ0n) is 9.86. The van der Waals surface area contributed by atoms with Crippen LogP contribution >= 0.6 is 0 Å². The van der Waals surface area contributed by atoms with E-state index < -0.39 is 6.10 Å². The zero-order chi connectivity index (χ0) is 11.8. The number of hydrogen-bond acceptors (Lipinski definition) is 2. The summed E-state index contributed by atoms with van der Waals surface area (Å²) in [5, 5.41) is 9.93. The van der Waals surface area contributed by atoms with Crippen molar-refractivity contribution in [3.63, 3.8) is 0 Å². The topological polar surface area (TPSA) is 29.5 Å². The largest absolute Gasteiger partial charge is 0.388 e. The molecule has 1 rings (SSSR count). The molecule has 1 atom stereocenters. The number of aliphatic hydroxyl groups is 1. The average molecular weight is 218 g/mol. The van der Waals surface area contributed by atoms with Gasteiger partial charge in [-0.3, -0.25) is 0 Å². The summed E-state index contributed by atoms with van der Waals surface area (Å²) in [6.07, 6.45) is 0.973. The van der Waals surface area contributed by atoms with Gasteiger partial charge in [-0.25, -0.2) is 0 Å². The molecule has 1 aromatic rings. The van der Waals surface area contributed by atoms with E-state index in [1.807, 2.05) is 31.2 Å². The van der Waals surface area contributed by atoms with Gasteiger partial charge in [0.25, 0.3) is 0 Å². The Balaban J connectivity index is 2.62. The predicted molar refractivity (Wildman–Crippen MR) is 64.8 cm³/mol. The van der Waals surface area contributed by atoms with E-state index in [1.165, 1.54) is 0 Å². The fourth-order valence-corrected chi connectivity index (χ4v) is 1.56. The summed E-state index contributed by atoms with van der Waals surface area (Å²) in [4.78, 5) is 0. The number of aliphatic hydroxyl groups excluding tert-OH is 1. The quantitative estimate of drug-likeness (QED) is 0.770. The van der Waals surface area contributed by atoms with Gasteiger partial charge in [-0.2, -0.15) is 0 Å². The maximum absolute atomic E-state index is 9.93. The van der Waals surface area contributed by atoms with Gasteiger partial charge in [0.05, 0.1) is 12.7 Å². The molecule has 2 nitrogen and oxygen atoms in total. The van der Waals surface area contributed by atoms with Gasteiger partial charge < -0.3 is 9.84 Å². The summed E-state index contributed by atoms with van der Waals surface area (Å²) in [6, 6.07) is 7.85. The van der Waals surface area contributed by atoms with Crippen LogP contribution in [-0.2, 0) is 11.3 Å². The predicted octanol–water partition coefficient (Wildman–Crippen LogP) is 2.67. The lowest BCUT2D eigenvalue weighted by Crippen LogP contribution is -1.98. The Hall–Kier alpha value is -1.30. The Morgan fingerprint density at radius 2 is 2.25 bits per heavy atom. The minimum Gasteiger partial charge on any atom is -0.388 e. The number of methoxy groups -OCH3 is 1. The molecule has 1 aromatic carbocycles. The van der Waals surface area contributed by atoms with Gasteiger partial charge in [0.15, 0.2) is 0 Å². The smallest absolute Gasteiger partial charge is 0.0799 e. The van der Waals surface area contributed by atoms with E-state index in [1.54, 1.807) is 7.11 Å². The van der Waals surface area contributed by atoms with Crippen LogP contribution in [0.2, 0.25) is 0 Å². The lowest BCUT2D eigenvalue weighted by molar-refractivity contribution is 0.167. The first kappa shape index (κ1) is 12.8. The number of hydrogen-bond donors (Lipinski definition) is 1. The molecule has 0 saturated carbocycles. The van der Waals surface area contributed by atoms with E-state index in [0.29, 0.717) is 13.0 Å². The minimum absolute atomic E-state index is 0.433.